The van der Waals surface area contributed by atoms with Crippen LogP contribution in [0.25, 0.3) is 0 Å². The van der Waals surface area contributed by atoms with Gasteiger partial charge in [0.25, 0.3) is 5.56 Å². The number of nitrogens with one attached hydrogen (secondary N) is 1. The monoisotopic (exact) mass is 290 g/mol. The number of aromatic hydroxyl groups is 1. The molecule has 0 saturated carbocycles. The number of pyridine rings is 1. The van der Waals surface area contributed by atoms with Gasteiger partial charge >= 0.3 is 0 Å². The fourth-order valence-electron chi connectivity index (χ4n) is 1.68. The Balaban J connectivity index is 2.47. The van der Waals surface area contributed by atoms with Crippen molar-refractivity contribution >= 4 is 24.3 Å². The Labute approximate surface area is 120 Å². The SMILES string of the molecule is CCCn1c(O)c(C=Nc2ccccn2)c(=O)[nH]c1=S. The molecular weight excluding hydrogens is 276 g/mol. The van der Waals surface area contributed by atoms with E-state index in [0.717, 1.165) is 6.42 Å². The van der Waals surface area contributed by atoms with Gasteiger partial charge in [0.1, 0.15) is 5.56 Å². The topological polar surface area (TPSA) is 83.3 Å². The van der Waals surface area contributed by atoms with Crippen LogP contribution < -0.4 is 5.56 Å². The van der Waals surface area contributed by atoms with Crippen molar-refractivity contribution < 1.29 is 5.11 Å². The largest absolute Gasteiger partial charge is 0.494 e. The molecule has 0 aromatic carbocycles. The van der Waals surface area contributed by atoms with Crippen LogP contribution in [0.4, 0.5) is 5.82 Å². The third-order valence-corrected chi connectivity index (χ3v) is 2.95. The van der Waals surface area contributed by atoms with Gasteiger partial charge < -0.3 is 5.11 Å². The summed E-state index contributed by atoms with van der Waals surface area (Å²) in [5, 5.41) is 10.1. The standard InChI is InChI=1S/C13H14N4O2S/c1-2-7-17-12(19)9(11(18)16-13(17)20)8-15-10-5-3-4-6-14-10/h3-6,8,19H,2,7H2,1H3,(H,16,18,20). The van der Waals surface area contributed by atoms with Gasteiger partial charge in [-0.1, -0.05) is 13.0 Å². The number of aliphatic imine (C=N–C) groups is 1. The van der Waals surface area contributed by atoms with Crippen LogP contribution in [0.1, 0.15) is 18.9 Å². The molecule has 0 atom stereocenters. The maximum Gasteiger partial charge on any atom is 0.264 e. The fraction of sp³-hybridized carbons (Fsp3) is 0.231. The Hall–Kier alpha value is -2.28. The van der Waals surface area contributed by atoms with Gasteiger partial charge in [0, 0.05) is 19.0 Å². The maximum absolute atomic E-state index is 11.8. The smallest absolute Gasteiger partial charge is 0.264 e. The molecule has 2 N–H and O–H groups in total. The van der Waals surface area contributed by atoms with Gasteiger partial charge in [0.2, 0.25) is 5.88 Å². The third-order valence-electron chi connectivity index (χ3n) is 2.63. The maximum atomic E-state index is 11.8. The van der Waals surface area contributed by atoms with Crippen LogP contribution in [-0.4, -0.2) is 25.9 Å². The Bertz CT molecular complexity index is 734. The lowest BCUT2D eigenvalue weighted by molar-refractivity contribution is 0.402. The van der Waals surface area contributed by atoms with Crippen LogP contribution >= 0.6 is 12.2 Å². The molecule has 0 amide bonds. The number of hydrogen-bond donors (Lipinski definition) is 2. The predicted molar refractivity (Wildman–Crippen MR) is 79.3 cm³/mol. The second-order valence-electron chi connectivity index (χ2n) is 4.09. The van der Waals surface area contributed by atoms with Gasteiger partial charge in [-0.05, 0) is 30.8 Å². The van der Waals surface area contributed by atoms with E-state index in [1.165, 1.54) is 10.8 Å². The van der Waals surface area contributed by atoms with Crippen LogP contribution in [-0.2, 0) is 6.54 Å². The van der Waals surface area contributed by atoms with Gasteiger partial charge in [-0.15, -0.1) is 0 Å². The molecule has 0 spiro atoms. The number of H-pyrrole nitrogens is 1. The molecule has 0 aliphatic carbocycles. The number of aromatic amines is 1. The normalized spacial score (nSPS) is 11.1. The van der Waals surface area contributed by atoms with E-state index in [-0.39, 0.29) is 16.2 Å². The fourth-order valence-corrected chi connectivity index (χ4v) is 1.95. The van der Waals surface area contributed by atoms with Crippen LogP contribution in [0.2, 0.25) is 0 Å². The molecule has 7 heteroatoms. The summed E-state index contributed by atoms with van der Waals surface area (Å²) in [5.41, 5.74) is -0.405. The van der Waals surface area contributed by atoms with Crippen LogP contribution in [0, 0.1) is 4.77 Å². The summed E-state index contributed by atoms with van der Waals surface area (Å²) in [6.07, 6.45) is 3.67. The van der Waals surface area contributed by atoms with Gasteiger partial charge in [0.05, 0.1) is 0 Å². The van der Waals surface area contributed by atoms with Gasteiger partial charge in [-0.25, -0.2) is 9.98 Å². The van der Waals surface area contributed by atoms with Crippen molar-refractivity contribution in [3.05, 3.63) is 45.1 Å². The molecular formula is C13H14N4O2S. The van der Waals surface area contributed by atoms with E-state index in [2.05, 4.69) is 15.0 Å². The quantitative estimate of drug-likeness (QED) is 0.667. The summed E-state index contributed by atoms with van der Waals surface area (Å²) < 4.78 is 1.67. The molecule has 2 rings (SSSR count). The zero-order valence-electron chi connectivity index (χ0n) is 10.9. The van der Waals surface area contributed by atoms with Crippen molar-refractivity contribution in [2.75, 3.05) is 0 Å². The first-order chi connectivity index (χ1) is 9.63. The van der Waals surface area contributed by atoms with Crippen LogP contribution in [0.5, 0.6) is 5.88 Å². The van der Waals surface area contributed by atoms with E-state index >= 15 is 0 Å². The minimum absolute atomic E-state index is 0.0673. The first-order valence-electron chi connectivity index (χ1n) is 6.14. The second kappa shape index (κ2) is 6.25. The van der Waals surface area contributed by atoms with E-state index < -0.39 is 5.56 Å². The number of nitrogens with zero attached hydrogens (tertiary/aromatic N) is 3. The minimum atomic E-state index is -0.473. The van der Waals surface area contributed by atoms with E-state index in [4.69, 9.17) is 12.2 Å². The summed E-state index contributed by atoms with van der Waals surface area (Å²) in [4.78, 5) is 22.4. The second-order valence-corrected chi connectivity index (χ2v) is 4.48. The summed E-state index contributed by atoms with van der Waals surface area (Å²) in [6, 6.07) is 5.25. The van der Waals surface area contributed by atoms with Crippen LogP contribution in [0.3, 0.4) is 0 Å². The Morgan fingerprint density at radius 2 is 2.35 bits per heavy atom. The molecule has 0 fully saturated rings. The van der Waals surface area contributed by atoms with Crippen molar-refractivity contribution in [3.8, 4) is 5.88 Å². The van der Waals surface area contributed by atoms with E-state index in [9.17, 15) is 9.90 Å². The van der Waals surface area contributed by atoms with Crippen molar-refractivity contribution in [3.63, 3.8) is 0 Å². The van der Waals surface area contributed by atoms with Crippen molar-refractivity contribution in [1.29, 1.82) is 0 Å². The summed E-state index contributed by atoms with van der Waals surface area (Å²) in [6.45, 7) is 2.47. The van der Waals surface area contributed by atoms with Gasteiger partial charge in [0.15, 0.2) is 10.6 Å². The molecule has 6 nitrogen and oxygen atoms in total. The highest BCUT2D eigenvalue weighted by molar-refractivity contribution is 7.71. The minimum Gasteiger partial charge on any atom is -0.494 e. The molecule has 0 radical (unpaired) electrons. The van der Waals surface area contributed by atoms with E-state index in [1.807, 2.05) is 6.92 Å². The number of rotatable bonds is 4. The van der Waals surface area contributed by atoms with Crippen molar-refractivity contribution in [2.24, 2.45) is 4.99 Å². The van der Waals surface area contributed by atoms with Gasteiger partial charge in [-0.2, -0.15) is 0 Å². The molecule has 20 heavy (non-hydrogen) atoms. The zero-order chi connectivity index (χ0) is 14.5. The van der Waals surface area contributed by atoms with E-state index in [0.29, 0.717) is 12.4 Å². The molecule has 2 aromatic heterocycles. The molecule has 0 aliphatic rings. The molecule has 0 saturated heterocycles. The number of hydrogen-bond acceptors (Lipinski definition) is 5. The molecule has 104 valence electrons. The highest BCUT2D eigenvalue weighted by Gasteiger charge is 2.10. The Kier molecular flexibility index (Phi) is 4.41. The van der Waals surface area contributed by atoms with Crippen molar-refractivity contribution in [1.82, 2.24) is 14.5 Å². The average Bonchev–Trinajstić information content (AvgIpc) is 2.44. The molecule has 2 aromatic rings. The lowest BCUT2D eigenvalue weighted by atomic mass is 10.3. The molecule has 2 heterocycles. The first-order valence-corrected chi connectivity index (χ1v) is 6.55. The Morgan fingerprint density at radius 3 is 3.00 bits per heavy atom. The third kappa shape index (κ3) is 3.00. The zero-order valence-corrected chi connectivity index (χ0v) is 11.7. The lowest BCUT2D eigenvalue weighted by Crippen LogP contribution is -2.18. The molecule has 0 bridgehead atoms. The van der Waals surface area contributed by atoms with E-state index in [1.54, 1.807) is 24.4 Å². The summed E-state index contributed by atoms with van der Waals surface area (Å²) in [5.74, 6) is 0.274. The number of aromatic nitrogens is 3. The summed E-state index contributed by atoms with van der Waals surface area (Å²) >= 11 is 5.02. The first kappa shape index (κ1) is 14.1. The molecule has 0 unspecified atom stereocenters. The summed E-state index contributed by atoms with van der Waals surface area (Å²) in [7, 11) is 0. The highest BCUT2D eigenvalue weighted by Crippen LogP contribution is 2.13. The Morgan fingerprint density at radius 1 is 1.55 bits per heavy atom. The average molecular weight is 290 g/mol. The van der Waals surface area contributed by atoms with Crippen LogP contribution in [0.15, 0.2) is 34.2 Å². The lowest BCUT2D eigenvalue weighted by Gasteiger charge is -2.09. The van der Waals surface area contributed by atoms with Crippen molar-refractivity contribution in [2.45, 2.75) is 19.9 Å². The molecule has 0 aliphatic heterocycles. The van der Waals surface area contributed by atoms with Gasteiger partial charge in [-0.3, -0.25) is 14.3 Å². The predicted octanol–water partition coefficient (Wildman–Crippen LogP) is 2.17. The highest BCUT2D eigenvalue weighted by atomic mass is 32.1.